The van der Waals surface area contributed by atoms with Gasteiger partial charge in [-0.25, -0.2) is 4.98 Å². The highest BCUT2D eigenvalue weighted by Crippen LogP contribution is 2.31. The first-order chi connectivity index (χ1) is 14.7. The van der Waals surface area contributed by atoms with Crippen molar-refractivity contribution in [3.05, 3.63) is 71.3 Å². The van der Waals surface area contributed by atoms with Crippen molar-refractivity contribution in [1.82, 2.24) is 9.55 Å². The third kappa shape index (κ3) is 4.31. The zero-order chi connectivity index (χ0) is 20.9. The molecule has 0 spiro atoms. The zero-order valence-electron chi connectivity index (χ0n) is 16.8. The molecule has 30 heavy (non-hydrogen) atoms. The van der Waals surface area contributed by atoms with E-state index in [1.807, 2.05) is 54.6 Å². The molecule has 0 aliphatic carbocycles. The van der Waals surface area contributed by atoms with Gasteiger partial charge in [0, 0.05) is 11.4 Å². The fraction of sp³-hybridized carbons (Fsp3) is 0.217. The third-order valence-electron chi connectivity index (χ3n) is 4.75. The largest absolute Gasteiger partial charge is 0.497 e. The lowest BCUT2D eigenvalue weighted by Gasteiger charge is -2.08. The Hall–Kier alpha value is -3.32. The van der Waals surface area contributed by atoms with Crippen molar-refractivity contribution in [3.8, 4) is 27.7 Å². The summed E-state index contributed by atoms with van der Waals surface area (Å²) < 4.78 is 18.4. The maximum atomic E-state index is 12.9. The monoisotopic (exact) mass is 422 g/mol. The molecule has 0 aliphatic heterocycles. The molecule has 0 atom stereocenters. The van der Waals surface area contributed by atoms with E-state index in [1.54, 1.807) is 25.1 Å². The normalized spacial score (nSPS) is 10.9. The van der Waals surface area contributed by atoms with Gasteiger partial charge in [-0.2, -0.15) is 0 Å². The van der Waals surface area contributed by atoms with Gasteiger partial charge in [0.25, 0.3) is 5.56 Å². The van der Waals surface area contributed by atoms with Crippen LogP contribution in [-0.2, 0) is 6.54 Å². The number of benzene rings is 2. The Labute approximate surface area is 178 Å². The van der Waals surface area contributed by atoms with E-state index >= 15 is 0 Å². The average Bonchev–Trinajstić information content (AvgIpc) is 3.24. The van der Waals surface area contributed by atoms with Crippen LogP contribution in [0.25, 0.3) is 20.7 Å². The number of aromatic nitrogens is 2. The van der Waals surface area contributed by atoms with Crippen molar-refractivity contribution < 1.29 is 14.2 Å². The molecule has 0 saturated carbocycles. The number of nitrogens with zero attached hydrogens (tertiary/aromatic N) is 2. The minimum atomic E-state index is -0.0193. The molecule has 0 aliphatic rings. The molecule has 4 aromatic rings. The maximum absolute atomic E-state index is 12.9. The molecule has 154 valence electrons. The third-order valence-corrected chi connectivity index (χ3v) is 5.91. The van der Waals surface area contributed by atoms with Crippen LogP contribution in [0.3, 0.4) is 0 Å². The first-order valence-electron chi connectivity index (χ1n) is 9.58. The number of fused-ring (bicyclic) bond motifs is 1. The van der Waals surface area contributed by atoms with E-state index in [-0.39, 0.29) is 5.56 Å². The lowest BCUT2D eigenvalue weighted by molar-refractivity contribution is 0.300. The van der Waals surface area contributed by atoms with Crippen molar-refractivity contribution in [2.45, 2.75) is 13.0 Å². The zero-order valence-corrected chi connectivity index (χ0v) is 17.6. The molecule has 6 nitrogen and oxygen atoms in total. The number of methoxy groups -OCH3 is 2. The second kappa shape index (κ2) is 9.00. The summed E-state index contributed by atoms with van der Waals surface area (Å²) in [6.45, 7) is 1.06. The molecule has 0 fully saturated rings. The minimum Gasteiger partial charge on any atom is -0.497 e. The highest BCUT2D eigenvalue weighted by atomic mass is 32.1. The maximum Gasteiger partial charge on any atom is 0.271 e. The van der Waals surface area contributed by atoms with E-state index in [0.29, 0.717) is 24.3 Å². The Morgan fingerprint density at radius 2 is 1.57 bits per heavy atom. The van der Waals surface area contributed by atoms with Crippen LogP contribution in [-0.4, -0.2) is 30.4 Å². The summed E-state index contributed by atoms with van der Waals surface area (Å²) in [7, 11) is 3.27. The molecule has 0 saturated heterocycles. The van der Waals surface area contributed by atoms with Crippen LogP contribution in [0.1, 0.15) is 6.42 Å². The van der Waals surface area contributed by atoms with Crippen LogP contribution >= 0.6 is 11.3 Å². The Bertz CT molecular complexity index is 1180. The molecule has 0 unspecified atom stereocenters. The number of hydrogen-bond acceptors (Lipinski definition) is 6. The van der Waals surface area contributed by atoms with Crippen molar-refractivity contribution in [1.29, 1.82) is 0 Å². The van der Waals surface area contributed by atoms with Gasteiger partial charge in [0.15, 0.2) is 0 Å². The van der Waals surface area contributed by atoms with Gasteiger partial charge in [-0.3, -0.25) is 9.36 Å². The highest BCUT2D eigenvalue weighted by Gasteiger charge is 2.11. The first kappa shape index (κ1) is 20.0. The van der Waals surface area contributed by atoms with Gasteiger partial charge in [-0.1, -0.05) is 0 Å². The van der Waals surface area contributed by atoms with Crippen LogP contribution in [0, 0.1) is 0 Å². The molecular formula is C23H22N2O4S. The Morgan fingerprint density at radius 1 is 0.933 bits per heavy atom. The molecule has 4 rings (SSSR count). The number of rotatable bonds is 8. The van der Waals surface area contributed by atoms with Crippen LogP contribution < -0.4 is 19.8 Å². The molecule has 2 aromatic carbocycles. The molecule has 0 radical (unpaired) electrons. The summed E-state index contributed by atoms with van der Waals surface area (Å²) in [6, 6.07) is 17.2. The summed E-state index contributed by atoms with van der Waals surface area (Å²) in [5, 5.41) is 0. The molecule has 0 bridgehead atoms. The van der Waals surface area contributed by atoms with Gasteiger partial charge in [0.1, 0.15) is 21.9 Å². The molecule has 2 heterocycles. The molecule has 2 aromatic heterocycles. The van der Waals surface area contributed by atoms with Crippen molar-refractivity contribution in [3.63, 3.8) is 0 Å². The topological polar surface area (TPSA) is 62.6 Å². The Balaban J connectivity index is 1.43. The molecule has 0 amide bonds. The fourth-order valence-corrected chi connectivity index (χ4v) is 4.16. The van der Waals surface area contributed by atoms with Crippen LogP contribution in [0.15, 0.2) is 65.7 Å². The number of ether oxygens (including phenoxy) is 3. The SMILES string of the molecule is COc1ccc(OCCCn2cnc3cc(-c4ccc(OC)cc4)sc3c2=O)cc1. The smallest absolute Gasteiger partial charge is 0.271 e. The number of aryl methyl sites for hydroxylation is 1. The number of thiophene rings is 1. The van der Waals surface area contributed by atoms with Gasteiger partial charge in [0.05, 0.1) is 32.7 Å². The van der Waals surface area contributed by atoms with Gasteiger partial charge in [-0.05, 0) is 66.6 Å². The lowest BCUT2D eigenvalue weighted by Crippen LogP contribution is -2.20. The van der Waals surface area contributed by atoms with Crippen LogP contribution in [0.5, 0.6) is 17.2 Å². The standard InChI is InChI=1S/C23H22N2O4S/c1-27-17-6-4-16(5-7-17)21-14-20-22(30-21)23(26)25(15-24-20)12-3-13-29-19-10-8-18(28-2)9-11-19/h4-11,14-15H,3,12-13H2,1-2H3. The Morgan fingerprint density at radius 3 is 2.23 bits per heavy atom. The fourth-order valence-electron chi connectivity index (χ4n) is 3.10. The van der Waals surface area contributed by atoms with Crippen molar-refractivity contribution in [2.75, 3.05) is 20.8 Å². The molecular weight excluding hydrogens is 400 g/mol. The predicted octanol–water partition coefficient (Wildman–Crippen LogP) is 4.61. The van der Waals surface area contributed by atoms with Gasteiger partial charge in [0.2, 0.25) is 0 Å². The van der Waals surface area contributed by atoms with Gasteiger partial charge in [-0.15, -0.1) is 11.3 Å². The second-order valence-corrected chi connectivity index (χ2v) is 7.73. The second-order valence-electron chi connectivity index (χ2n) is 6.67. The van der Waals surface area contributed by atoms with E-state index in [4.69, 9.17) is 14.2 Å². The summed E-state index contributed by atoms with van der Waals surface area (Å²) in [4.78, 5) is 18.4. The molecule has 0 N–H and O–H groups in total. The quantitative estimate of drug-likeness (QED) is 0.388. The number of hydrogen-bond donors (Lipinski definition) is 0. The van der Waals surface area contributed by atoms with Crippen LogP contribution in [0.4, 0.5) is 0 Å². The first-order valence-corrected chi connectivity index (χ1v) is 10.4. The van der Waals surface area contributed by atoms with Crippen molar-refractivity contribution >= 4 is 21.6 Å². The summed E-state index contributed by atoms with van der Waals surface area (Å²) in [5.74, 6) is 2.37. The van der Waals surface area contributed by atoms with Gasteiger partial charge >= 0.3 is 0 Å². The van der Waals surface area contributed by atoms with E-state index in [2.05, 4.69) is 4.98 Å². The van der Waals surface area contributed by atoms with Crippen molar-refractivity contribution in [2.24, 2.45) is 0 Å². The lowest BCUT2D eigenvalue weighted by atomic mass is 10.2. The summed E-state index contributed by atoms with van der Waals surface area (Å²) in [6.07, 6.45) is 2.32. The average molecular weight is 423 g/mol. The van der Waals surface area contributed by atoms with E-state index in [0.717, 1.165) is 33.2 Å². The van der Waals surface area contributed by atoms with Crippen LogP contribution in [0.2, 0.25) is 0 Å². The van der Waals surface area contributed by atoms with Gasteiger partial charge < -0.3 is 14.2 Å². The van der Waals surface area contributed by atoms with E-state index < -0.39 is 0 Å². The Kier molecular flexibility index (Phi) is 5.99. The minimum absolute atomic E-state index is 0.0193. The van der Waals surface area contributed by atoms with E-state index in [9.17, 15) is 4.79 Å². The summed E-state index contributed by atoms with van der Waals surface area (Å²) in [5.41, 5.74) is 1.74. The highest BCUT2D eigenvalue weighted by molar-refractivity contribution is 7.22. The molecule has 7 heteroatoms. The van der Waals surface area contributed by atoms with E-state index in [1.165, 1.54) is 11.3 Å². The predicted molar refractivity (Wildman–Crippen MR) is 119 cm³/mol. The summed E-state index contributed by atoms with van der Waals surface area (Å²) >= 11 is 1.46.